The van der Waals surface area contributed by atoms with Crippen LogP contribution in [0.3, 0.4) is 0 Å². The molecule has 0 aliphatic carbocycles. The van der Waals surface area contributed by atoms with Crippen LogP contribution in [0.4, 0.5) is 55.8 Å². The minimum atomic E-state index is -3.56. The molecule has 9 aromatic rings. The first-order chi connectivity index (χ1) is 52.1. The molecule has 4 unspecified atom stereocenters. The van der Waals surface area contributed by atoms with E-state index in [1.165, 1.54) is 89.1 Å². The normalized spacial score (nSPS) is 12.2. The van der Waals surface area contributed by atoms with Crippen molar-refractivity contribution in [1.82, 2.24) is 64.2 Å². The third-order valence-electron chi connectivity index (χ3n) is 14.9. The number of nitriles is 2. The molecule has 117 heavy (non-hydrogen) atoms. The predicted molar refractivity (Wildman–Crippen MR) is 400 cm³/mol. The average molecular weight is 2080 g/mol. The van der Waals surface area contributed by atoms with Gasteiger partial charge < -0.3 is 26.3 Å². The van der Waals surface area contributed by atoms with Gasteiger partial charge in [-0.3, -0.25) is 0 Å². The van der Waals surface area contributed by atoms with E-state index in [0.717, 1.165) is 36.4 Å². The standard InChI is InChI=1S/C18H17F4N5O3S.C17H18F2N6O2S.C15H15F2N5O2S.C13H11F2N5.C2H5ClO2S.CH4.3K.H2O.U.V/c1-2-31(28,29)25-9-10(13-4-3-12(19)6-14(13)20)5-15-23-7-11(8-24-15)17-26-27-18(30-17)16(21)22;1-2-28(26,27)23-9-11(14-4-3-13(18)6-15(14)19)5-17-20-7-12(8-21-17)16-10-22-25-24-16;1-2-25(23,24)21-9-14(12-4-3-11(16)5-13(12)17)22-15-19-7-10(6-18)8-20-15;14-9-1-2-10(11(15)3-9)12(5-17)20-13-18-6-8(4-16)7-19-13;1-2-6(3,4)5;;;;;;;/h3-4,6-8,10,16,25H,2,5,9H2,1H3;3-4,6-8,11,23H,2,5,9-10H2,1H3;3-5,7-8,14,21H,2,9H2,1H3,(H,19,20,22);1-3,6-7,12H,5,17H2,(H,18,19,20);2H2,1H3;1H4;;;;1H2;;/q;;;;;;;;+1;;;/p-1. The summed E-state index contributed by atoms with van der Waals surface area (Å²) in [5.41, 5.74) is 8.19. The summed E-state index contributed by atoms with van der Waals surface area (Å²) in [5.74, 6) is -7.87. The van der Waals surface area contributed by atoms with E-state index in [4.69, 9.17) is 20.7 Å². The monoisotopic (exact) mass is 2080 g/mol. The number of benzene rings is 4. The van der Waals surface area contributed by atoms with Gasteiger partial charge in [-0.1, -0.05) is 38.6 Å². The van der Waals surface area contributed by atoms with Gasteiger partial charge in [0.2, 0.25) is 51.0 Å². The number of rotatable bonds is 29. The summed E-state index contributed by atoms with van der Waals surface area (Å²) in [5, 5.41) is 40.9. The Morgan fingerprint density at radius 2 is 0.863 bits per heavy atom. The largest absolute Gasteiger partial charge is 1.00 e. The van der Waals surface area contributed by atoms with Crippen LogP contribution < -0.4 is 81.9 Å². The SMILES string of the molecule is C.CCS(=O)(=O)Cl.CCS(=O)(=O)NCC(Cc1ncc(-c2nnc(C(F)F)o2)cn1)c1ccc(F)cc1F.CCS(=O)(=O)NCC(Cc1ncc(C2=NN=NC2)cn1)c1ccc(F)cc1F.CCS(=O)(=O)NCC(Nc1ncc(C#N)cn1)c1ccc(F)cc1F.N#Cc1cnc(NC(CN)c2ccc(F)cc2F)nc1.[K+].[K].[K].[OH-].[U].[V]. The maximum Gasteiger partial charge on any atom is 1.00 e. The number of anilines is 2. The van der Waals surface area contributed by atoms with Crippen molar-refractivity contribution >= 4 is 170 Å². The van der Waals surface area contributed by atoms with E-state index in [9.17, 15) is 77.6 Å². The Bertz CT molecular complexity index is 5230. The minimum Gasteiger partial charge on any atom is -0.870 e. The number of halogens is 11. The fourth-order valence-electron chi connectivity index (χ4n) is 8.95. The number of alkyl halides is 2. The van der Waals surface area contributed by atoms with E-state index < -0.39 is 122 Å². The minimum absolute atomic E-state index is 0. The quantitative estimate of drug-likeness (QED) is 0.0180. The number of nitrogens with one attached hydrogen (secondary N) is 5. The molecule has 0 amide bonds. The molecule has 4 aromatic carbocycles. The summed E-state index contributed by atoms with van der Waals surface area (Å²) in [6.07, 6.45) is 8.12. The van der Waals surface area contributed by atoms with Gasteiger partial charge in [0.05, 0.1) is 82.3 Å². The molecule has 0 fully saturated rings. The second kappa shape index (κ2) is 56.6. The second-order valence-corrected chi connectivity index (χ2v) is 31.8. The molecule has 0 saturated heterocycles. The smallest absolute Gasteiger partial charge is 0.870 e. The molecule has 0 spiro atoms. The fourth-order valence-corrected chi connectivity index (χ4v) is 10.9. The first-order valence-electron chi connectivity index (χ1n) is 32.1. The Kier molecular flexibility index (Phi) is 55.7. The van der Waals surface area contributed by atoms with Crippen molar-refractivity contribution in [2.24, 2.45) is 21.2 Å². The number of sulfonamides is 3. The molecule has 1 aliphatic heterocycles. The van der Waals surface area contributed by atoms with E-state index in [1.54, 1.807) is 12.4 Å². The number of aromatic nitrogens is 10. The van der Waals surface area contributed by atoms with Crippen LogP contribution in [0.2, 0.25) is 0 Å². The van der Waals surface area contributed by atoms with Crippen molar-refractivity contribution in [3.63, 3.8) is 0 Å². The fraction of sp³-hybridized carbons (Fsp3) is 0.318. The Morgan fingerprint density at radius 3 is 1.17 bits per heavy atom. The van der Waals surface area contributed by atoms with Crippen molar-refractivity contribution in [1.29, 1.82) is 10.5 Å². The summed E-state index contributed by atoms with van der Waals surface area (Å²) in [6.45, 7) is 5.92. The molecule has 51 heteroatoms. The van der Waals surface area contributed by atoms with Crippen LogP contribution in [-0.4, -0.2) is 253 Å². The van der Waals surface area contributed by atoms with Crippen LogP contribution in [0.15, 0.2) is 142 Å². The first-order valence-corrected chi connectivity index (χ1v) is 39.5. The van der Waals surface area contributed by atoms with Gasteiger partial charge in [-0.05, 0) is 61.4 Å². The number of nitrogens with zero attached hydrogens (tertiary/aromatic N) is 15. The van der Waals surface area contributed by atoms with Crippen molar-refractivity contribution in [2.75, 3.05) is 66.4 Å². The van der Waals surface area contributed by atoms with Gasteiger partial charge in [0.15, 0.2) is 0 Å². The van der Waals surface area contributed by atoms with Crippen molar-refractivity contribution in [3.05, 3.63) is 225 Å². The van der Waals surface area contributed by atoms with Crippen LogP contribution in [0.5, 0.6) is 0 Å². The molecule has 6 heterocycles. The predicted octanol–water partition coefficient (Wildman–Crippen LogP) is 5.93. The third-order valence-corrected chi connectivity index (χ3v) is 20.3. The molecule has 613 valence electrons. The molecule has 0 bridgehead atoms. The molecule has 31 nitrogen and oxygen atoms in total. The zero-order valence-corrected chi connectivity index (χ0v) is 81.3. The number of nitrogens with two attached hydrogens (primary N) is 1. The molecule has 8 N–H and O–H groups in total. The molecular weight excluding hydrogens is 2010 g/mol. The first kappa shape index (κ1) is 115. The van der Waals surface area contributed by atoms with Crippen LogP contribution in [0.25, 0.3) is 11.5 Å². The summed E-state index contributed by atoms with van der Waals surface area (Å²) >= 11 is 0. The number of hydrogen-bond acceptors (Lipinski definition) is 28. The zero-order valence-electron chi connectivity index (χ0n) is 62.4. The molecule has 4 atom stereocenters. The molecule has 1 aliphatic rings. The molecular formula is C66H71ClF10K3N21O10S4UV. The zero-order chi connectivity index (χ0) is 80.9. The van der Waals surface area contributed by atoms with Gasteiger partial charge in [-0.15, -0.1) is 15.3 Å². The van der Waals surface area contributed by atoms with E-state index in [2.05, 4.69) is 101 Å². The maximum absolute atomic E-state index is 14.3. The molecule has 10 rings (SSSR count). The van der Waals surface area contributed by atoms with Gasteiger partial charge >= 0.3 is 57.8 Å². The molecule has 3 radical (unpaired) electrons. The third kappa shape index (κ3) is 40.0. The second-order valence-electron chi connectivity index (χ2n) is 22.5. The molecule has 5 aromatic heterocycles. The Labute approximate surface area is 835 Å². The topological polar surface area (TPSA) is 479 Å². The van der Waals surface area contributed by atoms with E-state index in [1.807, 2.05) is 12.1 Å². The Morgan fingerprint density at radius 1 is 0.521 bits per heavy atom. The Hall–Kier alpha value is -4.07. The summed E-state index contributed by atoms with van der Waals surface area (Å²) < 4.78 is 236. The maximum atomic E-state index is 14.3. The van der Waals surface area contributed by atoms with Gasteiger partial charge in [0.1, 0.15) is 76.9 Å². The van der Waals surface area contributed by atoms with Gasteiger partial charge in [-0.2, -0.15) is 24.4 Å². The Balaban J connectivity index is 0. The van der Waals surface area contributed by atoms with E-state index in [0.29, 0.717) is 41.3 Å². The van der Waals surface area contributed by atoms with Crippen molar-refractivity contribution < 1.29 is 189 Å². The summed E-state index contributed by atoms with van der Waals surface area (Å²) in [6, 6.07) is 14.7. The van der Waals surface area contributed by atoms with Crippen molar-refractivity contribution in [2.45, 2.75) is 78.3 Å². The van der Waals surface area contributed by atoms with Crippen LogP contribution in [0, 0.1) is 100 Å². The summed E-state index contributed by atoms with van der Waals surface area (Å²) in [7, 11) is -9.05. The van der Waals surface area contributed by atoms with Crippen LogP contribution in [0.1, 0.15) is 122 Å². The van der Waals surface area contributed by atoms with Crippen LogP contribution in [-0.2, 0) is 70.5 Å². The van der Waals surface area contributed by atoms with Crippen LogP contribution >= 0.6 is 10.7 Å². The average Bonchev–Trinajstić information content (AvgIpc) is 1.61. The van der Waals surface area contributed by atoms with E-state index in [-0.39, 0.29) is 336 Å². The number of hydrogen-bond donors (Lipinski definition) is 6. The van der Waals surface area contributed by atoms with Gasteiger partial charge in [-0.25, -0.2) is 123 Å². The van der Waals surface area contributed by atoms with Gasteiger partial charge in [0.25, 0.3) is 11.8 Å². The summed E-state index contributed by atoms with van der Waals surface area (Å²) in [4.78, 5) is 32.3. The van der Waals surface area contributed by atoms with Crippen molar-refractivity contribution in [3.8, 4) is 23.6 Å². The molecule has 0 saturated carbocycles. The van der Waals surface area contributed by atoms with E-state index >= 15 is 0 Å². The van der Waals surface area contributed by atoms with Gasteiger partial charge in [0, 0.05) is 280 Å².